The molecule has 0 aliphatic rings. The van der Waals surface area contributed by atoms with Crippen LogP contribution in [0.5, 0.6) is 0 Å². The predicted molar refractivity (Wildman–Crippen MR) is 58.3 cm³/mol. The van der Waals surface area contributed by atoms with Gasteiger partial charge >= 0.3 is 15.2 Å². The van der Waals surface area contributed by atoms with Crippen molar-refractivity contribution in [2.75, 3.05) is 23.5 Å². The summed E-state index contributed by atoms with van der Waals surface area (Å²) in [6.07, 6.45) is -0.304. The highest BCUT2D eigenvalue weighted by atomic mass is 79.9. The van der Waals surface area contributed by atoms with Gasteiger partial charge in [0.15, 0.2) is 0 Å². The van der Waals surface area contributed by atoms with Gasteiger partial charge in [-0.05, 0) is 0 Å². The maximum absolute atomic E-state index is 9.90. The lowest BCUT2D eigenvalue weighted by Crippen LogP contribution is -1.86. The van der Waals surface area contributed by atoms with Gasteiger partial charge in [0.1, 0.15) is 0 Å². The monoisotopic (exact) mass is 332 g/mol. The Bertz CT molecular complexity index is 200. The van der Waals surface area contributed by atoms with Gasteiger partial charge in [-0.3, -0.25) is 9.13 Å². The van der Waals surface area contributed by atoms with Gasteiger partial charge in [0.05, 0.1) is 12.3 Å². The van der Waals surface area contributed by atoms with Gasteiger partial charge in [0.25, 0.3) is 0 Å². The molecule has 10 heteroatoms. The predicted octanol–water partition coefficient (Wildman–Crippen LogP) is 0.962. The lowest BCUT2D eigenvalue weighted by molar-refractivity contribution is 0.373. The molecule has 4 N–H and O–H groups in total. The molecule has 0 amide bonds. The molecule has 0 radical (unpaired) electrons. The molecule has 0 aromatic carbocycles. The first kappa shape index (κ1) is 17.5. The van der Waals surface area contributed by atoms with E-state index in [-0.39, 0.29) is 18.2 Å². The van der Waals surface area contributed by atoms with Gasteiger partial charge in [-0.2, -0.15) is 0 Å². The van der Waals surface area contributed by atoms with Crippen molar-refractivity contribution in [3.63, 3.8) is 0 Å². The van der Waals surface area contributed by atoms with Crippen molar-refractivity contribution in [1.82, 2.24) is 0 Å². The molecule has 0 aliphatic carbocycles. The minimum atomic E-state index is -3.80. The Balaban J connectivity index is 0. The summed E-state index contributed by atoms with van der Waals surface area (Å²) in [5, 5.41) is 0.358. The standard InChI is InChI=1S/C2H6BrO3P.C2H6ClO3P/c2*3-1-2-7(4,5)6/h2*1-2H2,(H2,4,5,6). The van der Waals surface area contributed by atoms with Gasteiger partial charge in [-0.15, -0.1) is 11.6 Å². The number of rotatable bonds is 4. The van der Waals surface area contributed by atoms with E-state index >= 15 is 0 Å². The molecule has 0 bridgehead atoms. The summed E-state index contributed by atoms with van der Waals surface area (Å²) < 4.78 is 19.7. The smallest absolute Gasteiger partial charge is 0.324 e. The van der Waals surface area contributed by atoms with E-state index in [1.165, 1.54) is 0 Å². The molecule has 0 saturated carbocycles. The van der Waals surface area contributed by atoms with Crippen LogP contribution in [0.4, 0.5) is 0 Å². The first-order valence-electron chi connectivity index (χ1n) is 3.33. The van der Waals surface area contributed by atoms with Gasteiger partial charge in [-0.1, -0.05) is 15.9 Å². The zero-order chi connectivity index (χ0) is 11.8. The Morgan fingerprint density at radius 3 is 1.36 bits per heavy atom. The maximum atomic E-state index is 9.90. The fourth-order valence-electron chi connectivity index (χ4n) is 0.220. The van der Waals surface area contributed by atoms with Crippen LogP contribution < -0.4 is 0 Å². The molecule has 0 saturated heterocycles. The quantitative estimate of drug-likeness (QED) is 0.450. The average Bonchev–Trinajstić information content (AvgIpc) is 1.81. The Morgan fingerprint density at radius 1 is 1.00 bits per heavy atom. The molecular formula is C4H12BrClO6P2. The van der Waals surface area contributed by atoms with E-state index in [0.29, 0.717) is 5.33 Å². The topological polar surface area (TPSA) is 115 Å². The fraction of sp³-hybridized carbons (Fsp3) is 1.00. The van der Waals surface area contributed by atoms with Crippen molar-refractivity contribution in [3.8, 4) is 0 Å². The van der Waals surface area contributed by atoms with E-state index in [1.54, 1.807) is 0 Å². The minimum absolute atomic E-state index is 0.0181. The third-order valence-corrected chi connectivity index (χ3v) is 3.83. The van der Waals surface area contributed by atoms with E-state index in [2.05, 4.69) is 15.9 Å². The molecule has 0 unspecified atom stereocenters. The van der Waals surface area contributed by atoms with Crippen LogP contribution >= 0.6 is 42.7 Å². The Morgan fingerprint density at radius 2 is 1.36 bits per heavy atom. The third-order valence-electron chi connectivity index (χ3n) is 0.752. The van der Waals surface area contributed by atoms with Crippen molar-refractivity contribution in [2.45, 2.75) is 0 Å². The Hall–Kier alpha value is 1.07. The Kier molecular flexibility index (Phi) is 10.3. The lowest BCUT2D eigenvalue weighted by atomic mass is 11.0. The van der Waals surface area contributed by atoms with E-state index in [1.807, 2.05) is 0 Å². The van der Waals surface area contributed by atoms with E-state index in [4.69, 9.17) is 31.2 Å². The van der Waals surface area contributed by atoms with E-state index < -0.39 is 15.2 Å². The van der Waals surface area contributed by atoms with Crippen LogP contribution in [0.1, 0.15) is 0 Å². The number of halogens is 2. The summed E-state index contributed by atoms with van der Waals surface area (Å²) in [7, 11) is -7.51. The van der Waals surface area contributed by atoms with E-state index in [0.717, 1.165) is 0 Å². The van der Waals surface area contributed by atoms with Crippen LogP contribution in [0.15, 0.2) is 0 Å². The van der Waals surface area contributed by atoms with E-state index in [9.17, 15) is 9.13 Å². The summed E-state index contributed by atoms with van der Waals surface area (Å²) in [5.74, 6) is 0.0181. The van der Waals surface area contributed by atoms with Gasteiger partial charge in [-0.25, -0.2) is 0 Å². The molecule has 0 atom stereocenters. The second kappa shape index (κ2) is 8.25. The molecule has 0 rings (SSSR count). The first-order valence-corrected chi connectivity index (χ1v) is 8.58. The Labute approximate surface area is 95.1 Å². The summed E-state index contributed by atoms with van der Waals surface area (Å²) in [5.41, 5.74) is 0. The summed E-state index contributed by atoms with van der Waals surface area (Å²) in [6, 6.07) is 0. The zero-order valence-corrected chi connectivity index (χ0v) is 11.2. The largest absolute Gasteiger partial charge is 0.326 e. The molecule has 0 aromatic heterocycles. The van der Waals surface area contributed by atoms with Crippen LogP contribution in [0.2, 0.25) is 0 Å². The van der Waals surface area contributed by atoms with Crippen LogP contribution in [-0.2, 0) is 9.13 Å². The third kappa shape index (κ3) is 23.1. The molecule has 0 heterocycles. The summed E-state index contributed by atoms with van der Waals surface area (Å²) >= 11 is 7.89. The van der Waals surface area contributed by atoms with Gasteiger partial charge in [0.2, 0.25) is 0 Å². The second-order valence-corrected chi connectivity index (χ2v) is 6.88. The van der Waals surface area contributed by atoms with Crippen LogP contribution in [0, 0.1) is 0 Å². The minimum Gasteiger partial charge on any atom is -0.324 e. The molecule has 0 aromatic rings. The average molecular weight is 333 g/mol. The second-order valence-electron chi connectivity index (χ2n) is 2.15. The SMILES string of the molecule is O=P(O)(O)CCBr.O=P(O)(O)CCCl. The first-order chi connectivity index (χ1) is 6.12. The van der Waals surface area contributed by atoms with Crippen molar-refractivity contribution < 1.29 is 28.7 Å². The van der Waals surface area contributed by atoms with Gasteiger partial charge < -0.3 is 19.6 Å². The normalized spacial score (nSPS) is 11.9. The molecule has 88 valence electrons. The highest BCUT2D eigenvalue weighted by Gasteiger charge is 2.09. The number of hydrogen-bond acceptors (Lipinski definition) is 2. The molecule has 0 spiro atoms. The molecular weight excluding hydrogens is 321 g/mol. The van der Waals surface area contributed by atoms with Crippen LogP contribution in [-0.4, -0.2) is 43.1 Å². The highest BCUT2D eigenvalue weighted by Crippen LogP contribution is 2.34. The van der Waals surface area contributed by atoms with Crippen molar-refractivity contribution in [1.29, 1.82) is 0 Å². The van der Waals surface area contributed by atoms with Crippen LogP contribution in [0.25, 0.3) is 0 Å². The molecule has 14 heavy (non-hydrogen) atoms. The molecule has 0 aliphatic heterocycles. The maximum Gasteiger partial charge on any atom is 0.326 e. The number of alkyl halides is 2. The fourth-order valence-corrected chi connectivity index (χ4v) is 2.71. The number of hydrogen-bond donors (Lipinski definition) is 4. The lowest BCUT2D eigenvalue weighted by Gasteiger charge is -1.95. The summed E-state index contributed by atoms with van der Waals surface area (Å²) in [4.78, 5) is 32.3. The molecule has 6 nitrogen and oxygen atoms in total. The van der Waals surface area contributed by atoms with Crippen molar-refractivity contribution in [2.24, 2.45) is 0 Å². The van der Waals surface area contributed by atoms with Crippen LogP contribution in [0.3, 0.4) is 0 Å². The highest BCUT2D eigenvalue weighted by molar-refractivity contribution is 9.09. The summed E-state index contributed by atoms with van der Waals surface area (Å²) in [6.45, 7) is 0. The van der Waals surface area contributed by atoms with Crippen molar-refractivity contribution in [3.05, 3.63) is 0 Å². The molecule has 0 fully saturated rings. The van der Waals surface area contributed by atoms with Gasteiger partial charge in [0, 0.05) is 11.2 Å². The zero-order valence-electron chi connectivity index (χ0n) is 7.08. The van der Waals surface area contributed by atoms with Crippen molar-refractivity contribution >= 4 is 42.7 Å².